The van der Waals surface area contributed by atoms with Gasteiger partial charge in [-0.15, -0.1) is 11.6 Å². The van der Waals surface area contributed by atoms with Crippen molar-refractivity contribution >= 4 is 34.8 Å². The Labute approximate surface area is 134 Å². The summed E-state index contributed by atoms with van der Waals surface area (Å²) in [6.45, 7) is 4.46. The molecule has 0 bridgehead atoms. The smallest absolute Gasteiger partial charge is 0.139 e. The van der Waals surface area contributed by atoms with Crippen LogP contribution in [0.5, 0.6) is 5.75 Å². The predicted octanol–water partition coefficient (Wildman–Crippen LogP) is 6.03. The molecule has 0 aliphatic heterocycles. The van der Waals surface area contributed by atoms with E-state index < -0.39 is 0 Å². The Kier molecular flexibility index (Phi) is 5.20. The highest BCUT2D eigenvalue weighted by Gasteiger charge is 2.18. The van der Waals surface area contributed by atoms with Gasteiger partial charge in [-0.05, 0) is 36.6 Å². The van der Waals surface area contributed by atoms with E-state index in [9.17, 15) is 0 Å². The second-order valence-electron chi connectivity index (χ2n) is 4.46. The maximum atomic E-state index is 6.56. The first-order valence-corrected chi connectivity index (χ1v) is 7.55. The van der Waals surface area contributed by atoms with E-state index in [2.05, 4.69) is 0 Å². The first kappa shape index (κ1) is 15.5. The van der Waals surface area contributed by atoms with Crippen LogP contribution in [0.25, 0.3) is 0 Å². The van der Waals surface area contributed by atoms with Crippen LogP contribution in [0.3, 0.4) is 0 Å². The maximum Gasteiger partial charge on any atom is 0.139 e. The molecule has 1 atom stereocenters. The Bertz CT molecular complexity index is 611. The molecule has 2 rings (SSSR count). The largest absolute Gasteiger partial charge is 0.492 e. The van der Waals surface area contributed by atoms with Gasteiger partial charge in [0.1, 0.15) is 5.75 Å². The van der Waals surface area contributed by atoms with Crippen molar-refractivity contribution in [3.05, 3.63) is 63.1 Å². The summed E-state index contributed by atoms with van der Waals surface area (Å²) in [6, 6.07) is 11.5. The van der Waals surface area contributed by atoms with Gasteiger partial charge in [-0.2, -0.15) is 0 Å². The highest BCUT2D eigenvalue weighted by atomic mass is 35.5. The summed E-state index contributed by atoms with van der Waals surface area (Å²) >= 11 is 19.1. The second kappa shape index (κ2) is 6.71. The predicted molar refractivity (Wildman–Crippen MR) is 86.5 cm³/mol. The molecule has 0 aromatic heterocycles. The molecule has 2 aromatic carbocycles. The summed E-state index contributed by atoms with van der Waals surface area (Å²) in [6.07, 6.45) is 0. The molecule has 0 heterocycles. The summed E-state index contributed by atoms with van der Waals surface area (Å²) in [4.78, 5) is 0. The number of rotatable bonds is 4. The van der Waals surface area contributed by atoms with Gasteiger partial charge >= 0.3 is 0 Å². The number of hydrogen-bond donors (Lipinski definition) is 0. The van der Waals surface area contributed by atoms with Gasteiger partial charge in [0.15, 0.2) is 0 Å². The molecule has 0 radical (unpaired) electrons. The van der Waals surface area contributed by atoms with Gasteiger partial charge in [-0.25, -0.2) is 0 Å². The third-order valence-corrected chi connectivity index (χ3v) is 4.18. The van der Waals surface area contributed by atoms with Crippen LogP contribution in [0.15, 0.2) is 36.4 Å². The van der Waals surface area contributed by atoms with E-state index in [1.807, 2.05) is 38.1 Å². The second-order valence-corrected chi connectivity index (χ2v) is 5.71. The van der Waals surface area contributed by atoms with E-state index in [0.29, 0.717) is 22.4 Å². The van der Waals surface area contributed by atoms with Gasteiger partial charge in [0, 0.05) is 11.1 Å². The van der Waals surface area contributed by atoms with E-state index in [4.69, 9.17) is 39.5 Å². The molecule has 1 unspecified atom stereocenters. The van der Waals surface area contributed by atoms with Crippen LogP contribution in [0.4, 0.5) is 0 Å². The number of ether oxygens (including phenoxy) is 1. The van der Waals surface area contributed by atoms with E-state index in [1.54, 1.807) is 12.1 Å². The normalized spacial score (nSPS) is 12.2. The summed E-state index contributed by atoms with van der Waals surface area (Å²) < 4.78 is 5.42. The molecule has 4 heteroatoms. The van der Waals surface area contributed by atoms with Crippen molar-refractivity contribution < 1.29 is 4.74 Å². The summed E-state index contributed by atoms with van der Waals surface area (Å²) in [5.74, 6) is 0.580. The zero-order valence-electron chi connectivity index (χ0n) is 11.3. The van der Waals surface area contributed by atoms with Crippen molar-refractivity contribution in [1.82, 2.24) is 0 Å². The summed E-state index contributed by atoms with van der Waals surface area (Å²) in [5, 5.41) is 0.739. The number of alkyl halides is 1. The van der Waals surface area contributed by atoms with E-state index >= 15 is 0 Å². The summed E-state index contributed by atoms with van der Waals surface area (Å²) in [5.41, 5.74) is 2.93. The maximum absolute atomic E-state index is 6.56. The average molecular weight is 330 g/mol. The van der Waals surface area contributed by atoms with E-state index in [-0.39, 0.29) is 5.38 Å². The van der Waals surface area contributed by atoms with Gasteiger partial charge < -0.3 is 4.74 Å². The lowest BCUT2D eigenvalue weighted by Crippen LogP contribution is -1.99. The van der Waals surface area contributed by atoms with Crippen molar-refractivity contribution in [2.24, 2.45) is 0 Å². The topological polar surface area (TPSA) is 9.23 Å². The van der Waals surface area contributed by atoms with Crippen LogP contribution in [-0.4, -0.2) is 6.61 Å². The van der Waals surface area contributed by atoms with Crippen LogP contribution < -0.4 is 4.74 Å². The van der Waals surface area contributed by atoms with E-state index in [1.165, 1.54) is 0 Å². The molecule has 20 heavy (non-hydrogen) atoms. The molecule has 0 N–H and O–H groups in total. The van der Waals surface area contributed by atoms with Crippen molar-refractivity contribution in [2.45, 2.75) is 19.2 Å². The molecule has 2 aromatic rings. The molecule has 0 aliphatic carbocycles. The third kappa shape index (κ3) is 3.22. The lowest BCUT2D eigenvalue weighted by Gasteiger charge is -2.16. The van der Waals surface area contributed by atoms with Gasteiger partial charge in [-0.1, -0.05) is 47.5 Å². The highest BCUT2D eigenvalue weighted by molar-refractivity contribution is 6.36. The van der Waals surface area contributed by atoms with Gasteiger partial charge in [0.25, 0.3) is 0 Å². The molecule has 0 fully saturated rings. The highest BCUT2D eigenvalue weighted by Crippen LogP contribution is 2.40. The first-order chi connectivity index (χ1) is 9.54. The van der Waals surface area contributed by atoms with Crippen LogP contribution in [-0.2, 0) is 0 Å². The molecule has 106 valence electrons. The minimum atomic E-state index is -0.336. The number of hydrogen-bond acceptors (Lipinski definition) is 1. The monoisotopic (exact) mass is 328 g/mol. The minimum absolute atomic E-state index is 0.336. The molecule has 0 saturated carbocycles. The fourth-order valence-electron chi connectivity index (χ4n) is 2.04. The van der Waals surface area contributed by atoms with Gasteiger partial charge in [0.05, 0.1) is 17.0 Å². The molecule has 0 aliphatic rings. The molecule has 0 spiro atoms. The van der Waals surface area contributed by atoms with Crippen molar-refractivity contribution in [1.29, 1.82) is 0 Å². The number of benzene rings is 2. The Hall–Kier alpha value is -0.890. The van der Waals surface area contributed by atoms with E-state index in [0.717, 1.165) is 16.7 Å². The molecule has 1 nitrogen and oxygen atoms in total. The van der Waals surface area contributed by atoms with Crippen LogP contribution >= 0.6 is 34.8 Å². The quantitative estimate of drug-likeness (QED) is 0.622. The van der Waals surface area contributed by atoms with Crippen molar-refractivity contribution in [2.75, 3.05) is 6.61 Å². The van der Waals surface area contributed by atoms with Gasteiger partial charge in [0.2, 0.25) is 0 Å². The fraction of sp³-hybridized carbons (Fsp3) is 0.250. The Morgan fingerprint density at radius 1 is 1.05 bits per heavy atom. The molecule has 0 saturated heterocycles. The Morgan fingerprint density at radius 2 is 1.75 bits per heavy atom. The zero-order chi connectivity index (χ0) is 14.7. The Balaban J connectivity index is 2.43. The molecule has 0 amide bonds. The number of aryl methyl sites for hydroxylation is 1. The minimum Gasteiger partial charge on any atom is -0.492 e. The lowest BCUT2D eigenvalue weighted by atomic mass is 10.00. The fourth-order valence-corrected chi connectivity index (χ4v) is 3.01. The van der Waals surface area contributed by atoms with Crippen LogP contribution in [0, 0.1) is 6.92 Å². The first-order valence-electron chi connectivity index (χ1n) is 6.36. The lowest BCUT2D eigenvalue weighted by molar-refractivity contribution is 0.340. The average Bonchev–Trinajstić information content (AvgIpc) is 2.42. The van der Waals surface area contributed by atoms with Crippen molar-refractivity contribution in [3.8, 4) is 5.75 Å². The Morgan fingerprint density at radius 3 is 2.40 bits per heavy atom. The molecular formula is C16H15Cl3O. The zero-order valence-corrected chi connectivity index (χ0v) is 13.6. The van der Waals surface area contributed by atoms with Gasteiger partial charge in [-0.3, -0.25) is 0 Å². The third-order valence-electron chi connectivity index (χ3n) is 3.09. The number of halogens is 3. The van der Waals surface area contributed by atoms with Crippen LogP contribution in [0.2, 0.25) is 10.0 Å². The van der Waals surface area contributed by atoms with Crippen LogP contribution in [0.1, 0.15) is 29.0 Å². The van der Waals surface area contributed by atoms with Crippen molar-refractivity contribution in [3.63, 3.8) is 0 Å². The summed E-state index contributed by atoms with van der Waals surface area (Å²) in [7, 11) is 0. The standard InChI is InChI=1S/C16H15Cl3O/c1-3-20-15-9-13(17)12(8-14(15)18)16(19)11-7-5-4-6-10(11)2/h4-9,16H,3H2,1-2H3. The molecular weight excluding hydrogens is 315 g/mol. The SMILES string of the molecule is CCOc1cc(Cl)c(C(Cl)c2ccccc2C)cc1Cl.